The lowest BCUT2D eigenvalue weighted by Gasteiger charge is -2.17. The summed E-state index contributed by atoms with van der Waals surface area (Å²) < 4.78 is 22.4. The van der Waals surface area contributed by atoms with Crippen LogP contribution < -0.4 is 10.0 Å². The van der Waals surface area contributed by atoms with Gasteiger partial charge in [-0.2, -0.15) is 0 Å². The Balaban J connectivity index is 2.30. The van der Waals surface area contributed by atoms with Gasteiger partial charge in [-0.3, -0.25) is 4.79 Å². The minimum Gasteiger partial charge on any atom is -0.311 e. The van der Waals surface area contributed by atoms with Crippen LogP contribution in [0.5, 0.6) is 0 Å². The topological polar surface area (TPSA) is 93.4 Å². The number of nitrogens with two attached hydrogens (primary N) is 1. The summed E-state index contributed by atoms with van der Waals surface area (Å²) in [6.45, 7) is 3.63. The number of carbonyl (C=O) groups excluding carboxylic acids is 1. The molecule has 0 radical (unpaired) electrons. The highest BCUT2D eigenvalue weighted by molar-refractivity contribution is 7.89. The third-order valence-electron chi connectivity index (χ3n) is 2.95. The number of rotatable bonds is 3. The molecule has 0 aliphatic carbocycles. The van der Waals surface area contributed by atoms with Gasteiger partial charge in [0.05, 0.1) is 15.6 Å². The van der Waals surface area contributed by atoms with E-state index in [0.717, 1.165) is 5.01 Å². The first kappa shape index (κ1) is 15.6. The molecule has 0 saturated heterocycles. The molecule has 8 heteroatoms. The molecule has 2 rings (SSSR count). The zero-order valence-corrected chi connectivity index (χ0v) is 13.5. The molecule has 0 unspecified atom stereocenters. The number of thiazole rings is 1. The van der Waals surface area contributed by atoms with E-state index in [1.165, 1.54) is 28.4 Å². The van der Waals surface area contributed by atoms with Crippen molar-refractivity contribution in [2.75, 3.05) is 11.9 Å². The Morgan fingerprint density at radius 1 is 1.24 bits per heavy atom. The summed E-state index contributed by atoms with van der Waals surface area (Å²) in [6.07, 6.45) is 0. The fourth-order valence-electron chi connectivity index (χ4n) is 1.86. The Labute approximate surface area is 127 Å². The number of anilines is 1. The Morgan fingerprint density at radius 3 is 2.24 bits per heavy atom. The fourth-order valence-corrected chi connectivity index (χ4v) is 3.27. The number of amides is 1. The van der Waals surface area contributed by atoms with E-state index in [1.807, 2.05) is 6.92 Å². The summed E-state index contributed by atoms with van der Waals surface area (Å²) >= 11 is 1.33. The van der Waals surface area contributed by atoms with Gasteiger partial charge < -0.3 is 4.90 Å². The van der Waals surface area contributed by atoms with E-state index >= 15 is 0 Å². The molecule has 0 saturated carbocycles. The van der Waals surface area contributed by atoms with Crippen LogP contribution >= 0.6 is 11.3 Å². The first-order valence-corrected chi connectivity index (χ1v) is 8.41. The molecule has 0 aliphatic rings. The van der Waals surface area contributed by atoms with Gasteiger partial charge >= 0.3 is 0 Å². The average Bonchev–Trinajstić information content (AvgIpc) is 2.75. The predicted molar refractivity (Wildman–Crippen MR) is 82.1 cm³/mol. The smallest absolute Gasteiger partial charge is 0.270 e. The normalized spacial score (nSPS) is 11.4. The maximum atomic E-state index is 12.4. The Kier molecular flexibility index (Phi) is 4.13. The zero-order chi connectivity index (χ0) is 15.8. The molecule has 21 heavy (non-hydrogen) atoms. The average molecular weight is 325 g/mol. The second-order valence-corrected chi connectivity index (χ2v) is 7.32. The van der Waals surface area contributed by atoms with Crippen molar-refractivity contribution in [3.8, 4) is 0 Å². The van der Waals surface area contributed by atoms with Crippen molar-refractivity contribution in [3.05, 3.63) is 39.8 Å². The van der Waals surface area contributed by atoms with Crippen LogP contribution in [0.25, 0.3) is 0 Å². The number of nitrogens with zero attached hydrogens (tertiary/aromatic N) is 2. The van der Waals surface area contributed by atoms with Crippen LogP contribution in [-0.2, 0) is 10.0 Å². The van der Waals surface area contributed by atoms with Gasteiger partial charge in [0.2, 0.25) is 10.0 Å². The molecule has 0 aliphatic heterocycles. The number of aryl methyl sites for hydroxylation is 2. The summed E-state index contributed by atoms with van der Waals surface area (Å²) in [7, 11) is -2.10. The lowest BCUT2D eigenvalue weighted by molar-refractivity contribution is 0.0996. The minimum atomic E-state index is -3.73. The minimum absolute atomic E-state index is 0.0110. The van der Waals surface area contributed by atoms with Gasteiger partial charge in [0.15, 0.2) is 0 Å². The third kappa shape index (κ3) is 3.29. The van der Waals surface area contributed by atoms with Crippen LogP contribution in [0, 0.1) is 13.8 Å². The van der Waals surface area contributed by atoms with Crippen LogP contribution in [0.4, 0.5) is 5.69 Å². The lowest BCUT2D eigenvalue weighted by Crippen LogP contribution is -2.26. The van der Waals surface area contributed by atoms with Crippen molar-refractivity contribution in [1.82, 2.24) is 4.98 Å². The molecule has 0 atom stereocenters. The number of hydrogen-bond donors (Lipinski definition) is 1. The Morgan fingerprint density at radius 2 is 1.81 bits per heavy atom. The molecular formula is C13H15N3O3S2. The number of hydrogen-bond acceptors (Lipinski definition) is 5. The number of carbonyl (C=O) groups is 1. The van der Waals surface area contributed by atoms with Gasteiger partial charge in [-0.1, -0.05) is 0 Å². The number of primary sulfonamides is 1. The molecule has 0 spiro atoms. The molecular weight excluding hydrogens is 310 g/mol. The summed E-state index contributed by atoms with van der Waals surface area (Å²) in [6, 6.07) is 5.83. The molecule has 1 aromatic carbocycles. The maximum absolute atomic E-state index is 12.4. The zero-order valence-electron chi connectivity index (χ0n) is 11.8. The van der Waals surface area contributed by atoms with Gasteiger partial charge in [-0.25, -0.2) is 18.5 Å². The highest BCUT2D eigenvalue weighted by atomic mass is 32.2. The summed E-state index contributed by atoms with van der Waals surface area (Å²) in [5, 5.41) is 5.87. The van der Waals surface area contributed by atoms with Crippen molar-refractivity contribution in [2.45, 2.75) is 18.7 Å². The molecule has 6 nitrogen and oxygen atoms in total. The molecule has 1 aromatic heterocycles. The molecule has 2 N–H and O–H groups in total. The second-order valence-electron chi connectivity index (χ2n) is 4.55. The van der Waals surface area contributed by atoms with Crippen molar-refractivity contribution in [3.63, 3.8) is 0 Å². The first-order chi connectivity index (χ1) is 9.70. The van der Waals surface area contributed by atoms with Gasteiger partial charge in [0.25, 0.3) is 5.91 Å². The van der Waals surface area contributed by atoms with Crippen molar-refractivity contribution >= 4 is 33.0 Å². The van der Waals surface area contributed by atoms with Gasteiger partial charge in [-0.05, 0) is 38.1 Å². The van der Waals surface area contributed by atoms with Crippen molar-refractivity contribution < 1.29 is 13.2 Å². The molecule has 0 fully saturated rings. The van der Waals surface area contributed by atoms with Gasteiger partial charge in [0.1, 0.15) is 4.88 Å². The van der Waals surface area contributed by atoms with E-state index in [4.69, 9.17) is 5.14 Å². The predicted octanol–water partition coefficient (Wildman–Crippen LogP) is 1.68. The van der Waals surface area contributed by atoms with Gasteiger partial charge in [-0.15, -0.1) is 11.3 Å². The van der Waals surface area contributed by atoms with E-state index in [-0.39, 0.29) is 10.8 Å². The van der Waals surface area contributed by atoms with Crippen LogP contribution in [0.2, 0.25) is 0 Å². The van der Waals surface area contributed by atoms with Crippen LogP contribution in [-0.4, -0.2) is 26.4 Å². The Hall–Kier alpha value is -1.77. The molecule has 1 heterocycles. The molecule has 2 aromatic rings. The Bertz CT molecular complexity index is 779. The highest BCUT2D eigenvalue weighted by Gasteiger charge is 2.19. The fraction of sp³-hybridized carbons (Fsp3) is 0.231. The van der Waals surface area contributed by atoms with E-state index < -0.39 is 10.0 Å². The molecule has 112 valence electrons. The largest absolute Gasteiger partial charge is 0.311 e. The maximum Gasteiger partial charge on any atom is 0.270 e. The van der Waals surface area contributed by atoms with E-state index in [0.29, 0.717) is 16.3 Å². The SMILES string of the molecule is Cc1nc(C)c(C(=O)N(C)c2ccc(S(N)(=O)=O)cc2)s1. The number of benzene rings is 1. The number of sulfonamides is 1. The summed E-state index contributed by atoms with van der Waals surface area (Å²) in [5.41, 5.74) is 1.27. The first-order valence-electron chi connectivity index (χ1n) is 6.05. The van der Waals surface area contributed by atoms with E-state index in [9.17, 15) is 13.2 Å². The molecule has 1 amide bonds. The third-order valence-corrected chi connectivity index (χ3v) is 4.95. The van der Waals surface area contributed by atoms with Crippen LogP contribution in [0.1, 0.15) is 20.4 Å². The second kappa shape index (κ2) is 5.55. The summed E-state index contributed by atoms with van der Waals surface area (Å²) in [4.78, 5) is 18.7. The highest BCUT2D eigenvalue weighted by Crippen LogP contribution is 2.23. The summed E-state index contributed by atoms with van der Waals surface area (Å²) in [5.74, 6) is -0.179. The lowest BCUT2D eigenvalue weighted by atomic mass is 10.2. The number of aromatic nitrogens is 1. The van der Waals surface area contributed by atoms with Crippen molar-refractivity contribution in [2.24, 2.45) is 5.14 Å². The van der Waals surface area contributed by atoms with Crippen molar-refractivity contribution in [1.29, 1.82) is 0 Å². The van der Waals surface area contributed by atoms with E-state index in [2.05, 4.69) is 4.98 Å². The van der Waals surface area contributed by atoms with Crippen LogP contribution in [0.15, 0.2) is 29.2 Å². The monoisotopic (exact) mass is 325 g/mol. The molecule has 0 bridgehead atoms. The standard InChI is InChI=1S/C13H15N3O3S2/c1-8-12(20-9(2)15-8)13(17)16(3)10-4-6-11(7-5-10)21(14,18)19/h4-7H,1-3H3,(H2,14,18,19). The van der Waals surface area contributed by atoms with E-state index in [1.54, 1.807) is 26.1 Å². The quantitative estimate of drug-likeness (QED) is 0.929. The van der Waals surface area contributed by atoms with Gasteiger partial charge in [0, 0.05) is 12.7 Å². The van der Waals surface area contributed by atoms with Crippen LogP contribution in [0.3, 0.4) is 0 Å².